The van der Waals surface area contributed by atoms with E-state index in [1.165, 1.54) is 0 Å². The lowest BCUT2D eigenvalue weighted by Gasteiger charge is -2.07. The first-order valence-corrected chi connectivity index (χ1v) is 9.40. The Morgan fingerprint density at radius 1 is 0.821 bits per heavy atom. The highest BCUT2D eigenvalue weighted by atomic mass is 16.5. The number of allylic oxidation sites excluding steroid dienone is 2. The molecule has 0 aliphatic heterocycles. The molecule has 0 fully saturated rings. The minimum absolute atomic E-state index is 0.219. The summed E-state index contributed by atoms with van der Waals surface area (Å²) in [6, 6.07) is 19.2. The van der Waals surface area contributed by atoms with E-state index in [0.29, 0.717) is 18.4 Å². The molecule has 146 valence electrons. The lowest BCUT2D eigenvalue weighted by Crippen LogP contribution is -2.08. The van der Waals surface area contributed by atoms with Crippen LogP contribution in [-0.4, -0.2) is 11.9 Å². The summed E-state index contributed by atoms with van der Waals surface area (Å²) < 4.78 is 10.6. The molecule has 0 N–H and O–H groups in total. The highest BCUT2D eigenvalue weighted by molar-refractivity contribution is 5.88. The van der Waals surface area contributed by atoms with E-state index in [4.69, 9.17) is 9.47 Å². The van der Waals surface area contributed by atoms with Gasteiger partial charge in [-0.05, 0) is 30.9 Å². The first-order chi connectivity index (χ1) is 13.7. The van der Waals surface area contributed by atoms with Gasteiger partial charge in [-0.3, -0.25) is 4.79 Å². The van der Waals surface area contributed by atoms with Gasteiger partial charge in [0, 0.05) is 5.57 Å². The second-order valence-electron chi connectivity index (χ2n) is 6.24. The fraction of sp³-hybridized carbons (Fsp3) is 0.250. The third-order valence-electron chi connectivity index (χ3n) is 4.10. The molecule has 0 atom stereocenters. The Balaban J connectivity index is 1.64. The van der Waals surface area contributed by atoms with Crippen molar-refractivity contribution in [3.63, 3.8) is 0 Å². The van der Waals surface area contributed by atoms with Gasteiger partial charge < -0.3 is 9.47 Å². The third-order valence-corrected chi connectivity index (χ3v) is 4.10. The van der Waals surface area contributed by atoms with E-state index in [1.54, 1.807) is 12.2 Å². The van der Waals surface area contributed by atoms with Crippen LogP contribution >= 0.6 is 0 Å². The highest BCUT2D eigenvalue weighted by Crippen LogP contribution is 2.11. The van der Waals surface area contributed by atoms with E-state index in [9.17, 15) is 9.59 Å². The van der Waals surface area contributed by atoms with Crippen LogP contribution in [0.5, 0.6) is 0 Å². The number of hydrogen-bond donors (Lipinski definition) is 0. The highest BCUT2D eigenvalue weighted by Gasteiger charge is 2.09. The van der Waals surface area contributed by atoms with Crippen molar-refractivity contribution in [2.75, 3.05) is 0 Å². The van der Waals surface area contributed by atoms with Crippen molar-refractivity contribution >= 4 is 11.9 Å². The Hall–Kier alpha value is -3.14. The zero-order chi connectivity index (χ0) is 20.0. The molecule has 0 bridgehead atoms. The Morgan fingerprint density at radius 3 is 1.96 bits per heavy atom. The van der Waals surface area contributed by atoms with Crippen molar-refractivity contribution in [3.8, 4) is 0 Å². The maximum absolute atomic E-state index is 12.2. The Morgan fingerprint density at radius 2 is 1.39 bits per heavy atom. The molecule has 28 heavy (non-hydrogen) atoms. The van der Waals surface area contributed by atoms with Gasteiger partial charge in [0.25, 0.3) is 0 Å². The van der Waals surface area contributed by atoms with Gasteiger partial charge >= 0.3 is 11.9 Å². The first kappa shape index (κ1) is 21.2. The summed E-state index contributed by atoms with van der Waals surface area (Å²) in [5, 5.41) is 0. The Bertz CT molecular complexity index is 792. The first-order valence-electron chi connectivity index (χ1n) is 9.40. The predicted octanol–water partition coefficient (Wildman–Crippen LogP) is 5.15. The Kier molecular flexibility index (Phi) is 9.28. The molecule has 0 radical (unpaired) electrons. The minimum Gasteiger partial charge on any atom is -0.461 e. The summed E-state index contributed by atoms with van der Waals surface area (Å²) in [7, 11) is 0. The van der Waals surface area contributed by atoms with Crippen LogP contribution in [0.2, 0.25) is 0 Å². The van der Waals surface area contributed by atoms with Gasteiger partial charge in [0.1, 0.15) is 13.2 Å². The van der Waals surface area contributed by atoms with E-state index >= 15 is 0 Å². The average molecular weight is 378 g/mol. The normalized spacial score (nSPS) is 11.4. The maximum atomic E-state index is 12.2. The average Bonchev–Trinajstić information content (AvgIpc) is 2.74. The number of hydrogen-bond acceptors (Lipinski definition) is 4. The lowest BCUT2D eigenvalue weighted by molar-refractivity contribution is -0.144. The SMILES string of the molecule is C/C=C(\CC/C=C/CC(=O)OCc1ccccc1)C(=O)OCc1ccccc1. The van der Waals surface area contributed by atoms with Crippen molar-refractivity contribution in [3.05, 3.63) is 95.6 Å². The van der Waals surface area contributed by atoms with Gasteiger partial charge in [0.05, 0.1) is 6.42 Å². The van der Waals surface area contributed by atoms with E-state index in [-0.39, 0.29) is 31.6 Å². The van der Waals surface area contributed by atoms with Crippen LogP contribution in [0.15, 0.2) is 84.5 Å². The fourth-order valence-electron chi connectivity index (χ4n) is 2.51. The summed E-state index contributed by atoms with van der Waals surface area (Å²) in [6.45, 7) is 2.37. The number of benzene rings is 2. The van der Waals surface area contributed by atoms with Crippen LogP contribution in [0, 0.1) is 0 Å². The quantitative estimate of drug-likeness (QED) is 0.326. The fourth-order valence-corrected chi connectivity index (χ4v) is 2.51. The standard InChI is InChI=1S/C24H26O4/c1-2-22(24(26)28-19-21-14-8-4-9-15-21)16-10-5-11-17-23(25)27-18-20-12-6-3-7-13-20/h2-9,11-15H,10,16-19H2,1H3/b11-5+,22-2+. The third kappa shape index (κ3) is 8.04. The van der Waals surface area contributed by atoms with Gasteiger partial charge in [-0.2, -0.15) is 0 Å². The van der Waals surface area contributed by atoms with Crippen LogP contribution in [0.3, 0.4) is 0 Å². The molecule has 2 aromatic carbocycles. The van der Waals surface area contributed by atoms with Crippen molar-refractivity contribution in [1.82, 2.24) is 0 Å². The van der Waals surface area contributed by atoms with E-state index in [0.717, 1.165) is 11.1 Å². The van der Waals surface area contributed by atoms with Crippen LogP contribution in [0.1, 0.15) is 37.3 Å². The molecule has 4 heteroatoms. The molecule has 0 saturated carbocycles. The van der Waals surface area contributed by atoms with E-state index in [2.05, 4.69) is 0 Å². The zero-order valence-electron chi connectivity index (χ0n) is 16.2. The number of carbonyl (C=O) groups excluding carboxylic acids is 2. The van der Waals surface area contributed by atoms with Crippen molar-refractivity contribution in [2.24, 2.45) is 0 Å². The summed E-state index contributed by atoms with van der Waals surface area (Å²) in [5.74, 6) is -0.573. The Labute approximate surface area is 166 Å². The summed E-state index contributed by atoms with van der Waals surface area (Å²) in [5.41, 5.74) is 2.55. The van der Waals surface area contributed by atoms with Crippen molar-refractivity contribution in [2.45, 2.75) is 39.4 Å². The van der Waals surface area contributed by atoms with E-state index in [1.807, 2.05) is 73.7 Å². The molecule has 0 aromatic heterocycles. The molecule has 2 aromatic rings. The second kappa shape index (κ2) is 12.3. The lowest BCUT2D eigenvalue weighted by atomic mass is 10.1. The number of ether oxygens (including phenoxy) is 2. The van der Waals surface area contributed by atoms with Gasteiger partial charge in [-0.15, -0.1) is 0 Å². The van der Waals surface area contributed by atoms with Gasteiger partial charge in [0.2, 0.25) is 0 Å². The molecule has 2 rings (SSSR count). The van der Waals surface area contributed by atoms with Crippen molar-refractivity contribution < 1.29 is 19.1 Å². The molecule has 0 aliphatic carbocycles. The van der Waals surface area contributed by atoms with Crippen LogP contribution < -0.4 is 0 Å². The molecule has 0 unspecified atom stereocenters. The maximum Gasteiger partial charge on any atom is 0.334 e. The molecule has 0 spiro atoms. The molecule has 0 aliphatic rings. The molecule has 0 amide bonds. The minimum atomic E-state index is -0.304. The van der Waals surface area contributed by atoms with Crippen LogP contribution in [0.4, 0.5) is 0 Å². The second-order valence-corrected chi connectivity index (χ2v) is 6.24. The van der Waals surface area contributed by atoms with Crippen molar-refractivity contribution in [1.29, 1.82) is 0 Å². The number of esters is 2. The summed E-state index contributed by atoms with van der Waals surface area (Å²) in [4.78, 5) is 23.9. The molecule has 0 saturated heterocycles. The van der Waals surface area contributed by atoms with Gasteiger partial charge in [-0.25, -0.2) is 4.79 Å². The summed E-state index contributed by atoms with van der Waals surface area (Å²) in [6.07, 6.45) is 6.88. The molecule has 4 nitrogen and oxygen atoms in total. The van der Waals surface area contributed by atoms with Gasteiger partial charge in [-0.1, -0.05) is 78.9 Å². The smallest absolute Gasteiger partial charge is 0.334 e. The molecule has 0 heterocycles. The van der Waals surface area contributed by atoms with Crippen LogP contribution in [0.25, 0.3) is 0 Å². The summed E-state index contributed by atoms with van der Waals surface area (Å²) >= 11 is 0. The number of rotatable bonds is 10. The predicted molar refractivity (Wildman–Crippen MR) is 109 cm³/mol. The van der Waals surface area contributed by atoms with Crippen LogP contribution in [-0.2, 0) is 32.3 Å². The zero-order valence-corrected chi connectivity index (χ0v) is 16.2. The molecular formula is C24H26O4. The molecular weight excluding hydrogens is 352 g/mol. The number of carbonyl (C=O) groups is 2. The van der Waals surface area contributed by atoms with E-state index < -0.39 is 0 Å². The monoisotopic (exact) mass is 378 g/mol. The van der Waals surface area contributed by atoms with Gasteiger partial charge in [0.15, 0.2) is 0 Å². The largest absolute Gasteiger partial charge is 0.461 e. The topological polar surface area (TPSA) is 52.6 Å².